The number of nitriles is 1. The number of nitrogens with zero attached hydrogens (tertiary/aromatic N) is 4. The van der Waals surface area contributed by atoms with Crippen molar-refractivity contribution in [1.29, 1.82) is 5.26 Å². The fourth-order valence-electron chi connectivity index (χ4n) is 2.81. The Balaban J connectivity index is 1.62. The zero-order valence-corrected chi connectivity index (χ0v) is 16.5. The summed E-state index contributed by atoms with van der Waals surface area (Å²) >= 11 is 5.91. The van der Waals surface area contributed by atoms with E-state index in [9.17, 15) is 4.79 Å². The van der Waals surface area contributed by atoms with E-state index in [0.717, 1.165) is 16.8 Å². The maximum atomic E-state index is 12.6. The van der Waals surface area contributed by atoms with Crippen LogP contribution in [0, 0.1) is 11.3 Å². The van der Waals surface area contributed by atoms with E-state index in [-0.39, 0.29) is 6.03 Å². The lowest BCUT2D eigenvalue weighted by Gasteiger charge is -2.21. The Morgan fingerprint density at radius 2 is 2.07 bits per heavy atom. The van der Waals surface area contributed by atoms with Gasteiger partial charge in [0.15, 0.2) is 0 Å². The van der Waals surface area contributed by atoms with Gasteiger partial charge in [-0.1, -0.05) is 29.8 Å². The first-order valence-corrected chi connectivity index (χ1v) is 9.39. The van der Waals surface area contributed by atoms with E-state index >= 15 is 0 Å². The first kappa shape index (κ1) is 20.2. The number of rotatable bonds is 7. The number of aromatic nitrogens is 2. The summed E-state index contributed by atoms with van der Waals surface area (Å²) in [4.78, 5) is 14.3. The maximum absolute atomic E-state index is 12.6. The molecule has 29 heavy (non-hydrogen) atoms. The third-order valence-corrected chi connectivity index (χ3v) is 4.49. The molecule has 146 valence electrons. The van der Waals surface area contributed by atoms with Crippen LogP contribution in [0.25, 0.3) is 5.69 Å². The molecular weight excluding hydrogens is 386 g/mol. The van der Waals surface area contributed by atoms with Crippen LogP contribution in [0.2, 0.25) is 5.02 Å². The van der Waals surface area contributed by atoms with E-state index in [1.807, 2.05) is 30.5 Å². The molecule has 7 heteroatoms. The molecule has 0 fully saturated rings. The highest BCUT2D eigenvalue weighted by Gasteiger charge is 2.13. The van der Waals surface area contributed by atoms with Crippen molar-refractivity contribution in [2.75, 3.05) is 6.54 Å². The van der Waals surface area contributed by atoms with Crippen LogP contribution in [0.3, 0.4) is 0 Å². The molecule has 0 atom stereocenters. The average Bonchev–Trinajstić information content (AvgIpc) is 3.21. The van der Waals surface area contributed by atoms with Crippen molar-refractivity contribution in [3.63, 3.8) is 0 Å². The molecule has 0 aliphatic heterocycles. The van der Waals surface area contributed by atoms with Crippen LogP contribution in [0.1, 0.15) is 16.7 Å². The summed E-state index contributed by atoms with van der Waals surface area (Å²) in [6.07, 6.45) is 5.24. The van der Waals surface area contributed by atoms with Crippen LogP contribution in [0.5, 0.6) is 0 Å². The van der Waals surface area contributed by atoms with Crippen LogP contribution in [0.15, 0.2) is 73.6 Å². The number of hydrogen-bond donors (Lipinski definition) is 1. The van der Waals surface area contributed by atoms with Crippen molar-refractivity contribution in [2.45, 2.75) is 13.1 Å². The Morgan fingerprint density at radius 1 is 1.28 bits per heavy atom. The fraction of sp³-hybridized carbons (Fsp3) is 0.136. The maximum Gasteiger partial charge on any atom is 0.318 e. The second kappa shape index (κ2) is 9.58. The van der Waals surface area contributed by atoms with Gasteiger partial charge in [-0.3, -0.25) is 0 Å². The molecule has 3 aromatic rings. The zero-order valence-electron chi connectivity index (χ0n) is 15.8. The minimum absolute atomic E-state index is 0.216. The Bertz CT molecular complexity index is 1040. The largest absolute Gasteiger partial charge is 0.334 e. The Kier molecular flexibility index (Phi) is 6.67. The van der Waals surface area contributed by atoms with E-state index in [1.54, 1.807) is 46.1 Å². The van der Waals surface area contributed by atoms with Gasteiger partial charge in [0.25, 0.3) is 0 Å². The van der Waals surface area contributed by atoms with Gasteiger partial charge in [0.2, 0.25) is 0 Å². The smallest absolute Gasteiger partial charge is 0.318 e. The SMILES string of the molecule is C=CCN(Cc1cccc(C#N)c1)C(=O)NCc1cnn(-c2ccc(Cl)cc2)c1. The summed E-state index contributed by atoms with van der Waals surface area (Å²) in [5.41, 5.74) is 3.21. The second-order valence-electron chi connectivity index (χ2n) is 6.41. The summed E-state index contributed by atoms with van der Waals surface area (Å²) in [6, 6.07) is 16.5. The second-order valence-corrected chi connectivity index (χ2v) is 6.85. The first-order chi connectivity index (χ1) is 14.1. The first-order valence-electron chi connectivity index (χ1n) is 9.01. The molecule has 0 saturated carbocycles. The highest BCUT2D eigenvalue weighted by atomic mass is 35.5. The summed E-state index contributed by atoms with van der Waals surface area (Å²) in [5, 5.41) is 16.9. The summed E-state index contributed by atoms with van der Waals surface area (Å²) in [6.45, 7) is 4.85. The highest BCUT2D eigenvalue weighted by Crippen LogP contribution is 2.13. The molecule has 0 bridgehead atoms. The lowest BCUT2D eigenvalue weighted by molar-refractivity contribution is 0.200. The molecule has 3 rings (SSSR count). The van der Waals surface area contributed by atoms with Crippen molar-refractivity contribution in [1.82, 2.24) is 20.0 Å². The number of benzene rings is 2. The van der Waals surface area contributed by atoms with E-state index < -0.39 is 0 Å². The molecule has 2 amide bonds. The van der Waals surface area contributed by atoms with Gasteiger partial charge >= 0.3 is 6.03 Å². The quantitative estimate of drug-likeness (QED) is 0.595. The van der Waals surface area contributed by atoms with Crippen LogP contribution >= 0.6 is 11.6 Å². The number of urea groups is 1. The van der Waals surface area contributed by atoms with E-state index in [4.69, 9.17) is 16.9 Å². The van der Waals surface area contributed by atoms with Gasteiger partial charge < -0.3 is 10.2 Å². The predicted octanol–water partition coefficient (Wildman–Crippen LogP) is 4.30. The highest BCUT2D eigenvalue weighted by molar-refractivity contribution is 6.30. The number of halogens is 1. The van der Waals surface area contributed by atoms with Gasteiger partial charge in [-0.2, -0.15) is 10.4 Å². The summed E-state index contributed by atoms with van der Waals surface area (Å²) in [7, 11) is 0. The van der Waals surface area contributed by atoms with Crippen molar-refractivity contribution in [2.24, 2.45) is 0 Å². The number of carbonyl (C=O) groups is 1. The molecule has 1 heterocycles. The molecular formula is C22H20ClN5O. The lowest BCUT2D eigenvalue weighted by Crippen LogP contribution is -2.39. The minimum Gasteiger partial charge on any atom is -0.334 e. The molecule has 0 aliphatic rings. The third kappa shape index (κ3) is 5.47. The Morgan fingerprint density at radius 3 is 2.79 bits per heavy atom. The van der Waals surface area contributed by atoms with Crippen LogP contribution in [0.4, 0.5) is 4.79 Å². The molecule has 0 radical (unpaired) electrons. The van der Waals surface area contributed by atoms with Crippen LogP contribution in [-0.2, 0) is 13.1 Å². The van der Waals surface area contributed by atoms with Gasteiger partial charge in [-0.15, -0.1) is 6.58 Å². The molecule has 0 saturated heterocycles. The monoisotopic (exact) mass is 405 g/mol. The topological polar surface area (TPSA) is 74.0 Å². The van der Waals surface area contributed by atoms with Crippen molar-refractivity contribution < 1.29 is 4.79 Å². The molecule has 0 aliphatic carbocycles. The van der Waals surface area contributed by atoms with E-state index in [2.05, 4.69) is 23.1 Å². The predicted molar refractivity (Wildman–Crippen MR) is 113 cm³/mol. The van der Waals surface area contributed by atoms with Crippen molar-refractivity contribution >= 4 is 17.6 Å². The van der Waals surface area contributed by atoms with Crippen LogP contribution < -0.4 is 5.32 Å². The van der Waals surface area contributed by atoms with Gasteiger partial charge in [-0.25, -0.2) is 9.48 Å². The van der Waals surface area contributed by atoms with Crippen molar-refractivity contribution in [3.8, 4) is 11.8 Å². The fourth-order valence-corrected chi connectivity index (χ4v) is 2.94. The number of carbonyl (C=O) groups excluding carboxylic acids is 1. The van der Waals surface area contributed by atoms with E-state index in [0.29, 0.717) is 30.2 Å². The molecule has 0 unspecified atom stereocenters. The van der Waals surface area contributed by atoms with Gasteiger partial charge in [0.05, 0.1) is 23.5 Å². The molecule has 2 aromatic carbocycles. The third-order valence-electron chi connectivity index (χ3n) is 4.24. The van der Waals surface area contributed by atoms with Gasteiger partial charge in [0.1, 0.15) is 0 Å². The number of nitrogens with one attached hydrogen (secondary N) is 1. The lowest BCUT2D eigenvalue weighted by atomic mass is 10.1. The van der Waals surface area contributed by atoms with E-state index in [1.165, 1.54) is 0 Å². The standard InChI is InChI=1S/C22H20ClN5O/c1-2-10-27(15-18-5-3-4-17(11-18)12-24)22(29)25-13-19-14-26-28(16-19)21-8-6-20(23)7-9-21/h2-9,11,14,16H,1,10,13,15H2,(H,25,29). The molecule has 0 spiro atoms. The minimum atomic E-state index is -0.216. The zero-order chi connectivity index (χ0) is 20.6. The number of hydrogen-bond acceptors (Lipinski definition) is 3. The van der Waals surface area contributed by atoms with Gasteiger partial charge in [-0.05, 0) is 42.0 Å². The average molecular weight is 406 g/mol. The molecule has 6 nitrogen and oxygen atoms in total. The van der Waals surface area contributed by atoms with Crippen molar-refractivity contribution in [3.05, 3.63) is 95.3 Å². The number of amides is 2. The summed E-state index contributed by atoms with van der Waals surface area (Å²) < 4.78 is 1.73. The molecule has 1 N–H and O–H groups in total. The summed E-state index contributed by atoms with van der Waals surface area (Å²) in [5.74, 6) is 0. The Labute approximate surface area is 174 Å². The molecule has 1 aromatic heterocycles. The van der Waals surface area contributed by atoms with Gasteiger partial charge in [0, 0.05) is 36.4 Å². The Hall–Kier alpha value is -3.56. The van der Waals surface area contributed by atoms with Crippen LogP contribution in [-0.4, -0.2) is 27.3 Å². The normalized spacial score (nSPS) is 10.2.